The predicted molar refractivity (Wildman–Crippen MR) is 71.0 cm³/mol. The summed E-state index contributed by atoms with van der Waals surface area (Å²) in [7, 11) is 0. The third-order valence-corrected chi connectivity index (χ3v) is 3.55. The average Bonchev–Trinajstić information content (AvgIpc) is 2.73. The van der Waals surface area contributed by atoms with Crippen LogP contribution in [0.3, 0.4) is 0 Å². The van der Waals surface area contributed by atoms with E-state index in [4.69, 9.17) is 0 Å². The highest BCUT2D eigenvalue weighted by atomic mass is 79.9. The zero-order valence-corrected chi connectivity index (χ0v) is 11.3. The van der Waals surface area contributed by atoms with E-state index < -0.39 is 0 Å². The molecule has 0 aliphatic heterocycles. The highest BCUT2D eigenvalue weighted by Crippen LogP contribution is 2.20. The largest absolute Gasteiger partial charge is 0.323 e. The van der Waals surface area contributed by atoms with E-state index in [1.165, 1.54) is 16.8 Å². The molecule has 0 saturated carbocycles. The summed E-state index contributed by atoms with van der Waals surface area (Å²) in [6, 6.07) is 10.4. The standard InChI is InChI=1S/C12H11Br2N/c13-6-10-8-15(9-11(10)7-14)12-4-2-1-3-5-12/h1-5,8-9H,6-7H2. The van der Waals surface area contributed by atoms with Crippen molar-refractivity contribution in [1.82, 2.24) is 4.57 Å². The van der Waals surface area contributed by atoms with Crippen molar-refractivity contribution in [2.75, 3.05) is 0 Å². The van der Waals surface area contributed by atoms with Crippen LogP contribution in [0.25, 0.3) is 5.69 Å². The average molecular weight is 329 g/mol. The van der Waals surface area contributed by atoms with Crippen molar-refractivity contribution >= 4 is 31.9 Å². The molecule has 1 heterocycles. The van der Waals surface area contributed by atoms with Gasteiger partial charge in [0.2, 0.25) is 0 Å². The SMILES string of the molecule is BrCc1cn(-c2ccccc2)cc1CBr. The Labute approximate surface area is 106 Å². The molecule has 0 amide bonds. The van der Waals surface area contributed by atoms with Crippen molar-refractivity contribution in [2.45, 2.75) is 10.7 Å². The van der Waals surface area contributed by atoms with Crippen LogP contribution in [0.15, 0.2) is 42.7 Å². The quantitative estimate of drug-likeness (QED) is 0.742. The number of hydrogen-bond donors (Lipinski definition) is 0. The summed E-state index contributed by atoms with van der Waals surface area (Å²) in [5.74, 6) is 0. The van der Waals surface area contributed by atoms with Crippen molar-refractivity contribution in [3.8, 4) is 5.69 Å². The van der Waals surface area contributed by atoms with E-state index in [0.717, 1.165) is 10.7 Å². The minimum Gasteiger partial charge on any atom is -0.323 e. The predicted octanol–water partition coefficient (Wildman–Crippen LogP) is 4.27. The number of hydrogen-bond acceptors (Lipinski definition) is 0. The third-order valence-electron chi connectivity index (χ3n) is 2.34. The summed E-state index contributed by atoms with van der Waals surface area (Å²) in [6.07, 6.45) is 4.33. The van der Waals surface area contributed by atoms with Gasteiger partial charge in [-0.3, -0.25) is 0 Å². The first-order valence-corrected chi connectivity index (χ1v) is 6.96. The zero-order valence-electron chi connectivity index (χ0n) is 8.16. The van der Waals surface area contributed by atoms with Gasteiger partial charge >= 0.3 is 0 Å². The number of aromatic nitrogens is 1. The van der Waals surface area contributed by atoms with Crippen LogP contribution in [0.4, 0.5) is 0 Å². The first-order chi connectivity index (χ1) is 7.35. The molecule has 0 aliphatic carbocycles. The van der Waals surface area contributed by atoms with E-state index >= 15 is 0 Å². The Morgan fingerprint density at radius 3 is 1.87 bits per heavy atom. The number of nitrogens with zero attached hydrogens (tertiary/aromatic N) is 1. The molecule has 1 nitrogen and oxygen atoms in total. The molecular weight excluding hydrogens is 318 g/mol. The van der Waals surface area contributed by atoms with Crippen LogP contribution < -0.4 is 0 Å². The molecule has 0 N–H and O–H groups in total. The minimum atomic E-state index is 0.897. The molecule has 0 atom stereocenters. The molecule has 0 spiro atoms. The lowest BCUT2D eigenvalue weighted by atomic mass is 10.2. The lowest BCUT2D eigenvalue weighted by molar-refractivity contribution is 1.07. The first-order valence-electron chi connectivity index (χ1n) is 4.72. The van der Waals surface area contributed by atoms with Crippen molar-refractivity contribution in [3.05, 3.63) is 53.9 Å². The van der Waals surface area contributed by atoms with Gasteiger partial charge in [-0.05, 0) is 23.3 Å². The van der Waals surface area contributed by atoms with Crippen LogP contribution in [0.1, 0.15) is 11.1 Å². The van der Waals surface area contributed by atoms with Crippen LogP contribution in [0, 0.1) is 0 Å². The molecule has 0 saturated heterocycles. The molecule has 78 valence electrons. The Morgan fingerprint density at radius 1 is 0.867 bits per heavy atom. The Hall–Kier alpha value is -0.540. The molecule has 1 aromatic heterocycles. The number of halogens is 2. The van der Waals surface area contributed by atoms with E-state index in [2.05, 4.69) is 73.1 Å². The number of para-hydroxylation sites is 1. The Morgan fingerprint density at radius 2 is 1.40 bits per heavy atom. The normalized spacial score (nSPS) is 10.5. The monoisotopic (exact) mass is 327 g/mol. The Kier molecular flexibility index (Phi) is 3.65. The highest BCUT2D eigenvalue weighted by molar-refractivity contribution is 9.09. The molecule has 0 radical (unpaired) electrons. The molecule has 3 heteroatoms. The van der Waals surface area contributed by atoms with Crippen LogP contribution in [0.2, 0.25) is 0 Å². The molecule has 2 aromatic rings. The summed E-state index contributed by atoms with van der Waals surface area (Å²) in [5.41, 5.74) is 3.86. The molecule has 0 bridgehead atoms. The van der Waals surface area contributed by atoms with Crippen LogP contribution in [-0.4, -0.2) is 4.57 Å². The van der Waals surface area contributed by atoms with Crippen molar-refractivity contribution in [2.24, 2.45) is 0 Å². The fourth-order valence-electron chi connectivity index (χ4n) is 1.53. The number of alkyl halides is 2. The van der Waals surface area contributed by atoms with Gasteiger partial charge in [0, 0.05) is 28.7 Å². The molecule has 0 unspecified atom stereocenters. The molecule has 15 heavy (non-hydrogen) atoms. The topological polar surface area (TPSA) is 4.93 Å². The maximum absolute atomic E-state index is 3.50. The number of rotatable bonds is 3. The number of benzene rings is 1. The zero-order chi connectivity index (χ0) is 10.7. The van der Waals surface area contributed by atoms with Gasteiger partial charge in [0.15, 0.2) is 0 Å². The molecule has 0 aliphatic rings. The second-order valence-corrected chi connectivity index (χ2v) is 4.44. The van der Waals surface area contributed by atoms with Gasteiger partial charge in [0.25, 0.3) is 0 Å². The van der Waals surface area contributed by atoms with E-state index in [9.17, 15) is 0 Å². The van der Waals surface area contributed by atoms with Crippen LogP contribution in [-0.2, 0) is 10.7 Å². The maximum Gasteiger partial charge on any atom is 0.0449 e. The molecule has 0 fully saturated rings. The summed E-state index contributed by atoms with van der Waals surface area (Å²) in [4.78, 5) is 0. The third kappa shape index (κ3) is 2.34. The van der Waals surface area contributed by atoms with E-state index in [1.807, 2.05) is 6.07 Å². The summed E-state index contributed by atoms with van der Waals surface area (Å²) in [6.45, 7) is 0. The van der Waals surface area contributed by atoms with Gasteiger partial charge in [-0.1, -0.05) is 50.1 Å². The Balaban J connectivity index is 2.42. The minimum absolute atomic E-state index is 0.897. The van der Waals surface area contributed by atoms with E-state index in [1.54, 1.807) is 0 Å². The van der Waals surface area contributed by atoms with Gasteiger partial charge in [0.05, 0.1) is 0 Å². The van der Waals surface area contributed by atoms with E-state index in [-0.39, 0.29) is 0 Å². The van der Waals surface area contributed by atoms with Crippen molar-refractivity contribution in [3.63, 3.8) is 0 Å². The second-order valence-electron chi connectivity index (χ2n) is 3.32. The smallest absolute Gasteiger partial charge is 0.0449 e. The van der Waals surface area contributed by atoms with Gasteiger partial charge in [-0.15, -0.1) is 0 Å². The second kappa shape index (κ2) is 4.99. The van der Waals surface area contributed by atoms with Gasteiger partial charge in [-0.25, -0.2) is 0 Å². The molecular formula is C12H11Br2N. The summed E-state index contributed by atoms with van der Waals surface area (Å²) >= 11 is 7.00. The van der Waals surface area contributed by atoms with Crippen LogP contribution in [0.5, 0.6) is 0 Å². The lowest BCUT2D eigenvalue weighted by Crippen LogP contribution is -1.87. The lowest BCUT2D eigenvalue weighted by Gasteiger charge is -2.00. The maximum atomic E-state index is 3.50. The summed E-state index contributed by atoms with van der Waals surface area (Å²) in [5, 5.41) is 1.79. The Bertz CT molecular complexity index is 413. The van der Waals surface area contributed by atoms with Gasteiger partial charge in [-0.2, -0.15) is 0 Å². The first kappa shape index (κ1) is 11.0. The van der Waals surface area contributed by atoms with Crippen LogP contribution >= 0.6 is 31.9 Å². The van der Waals surface area contributed by atoms with Gasteiger partial charge in [0.1, 0.15) is 0 Å². The summed E-state index contributed by atoms with van der Waals surface area (Å²) < 4.78 is 2.16. The molecule has 2 rings (SSSR count). The van der Waals surface area contributed by atoms with Crippen molar-refractivity contribution < 1.29 is 0 Å². The highest BCUT2D eigenvalue weighted by Gasteiger charge is 2.05. The van der Waals surface area contributed by atoms with E-state index in [0.29, 0.717) is 0 Å². The molecule has 1 aromatic carbocycles. The fourth-order valence-corrected chi connectivity index (χ4v) is 2.54. The van der Waals surface area contributed by atoms with Gasteiger partial charge < -0.3 is 4.57 Å². The van der Waals surface area contributed by atoms with Crippen molar-refractivity contribution in [1.29, 1.82) is 0 Å². The fraction of sp³-hybridized carbons (Fsp3) is 0.167.